The second-order valence-corrected chi connectivity index (χ2v) is 5.09. The van der Waals surface area contributed by atoms with E-state index in [2.05, 4.69) is 10.3 Å². The molecule has 2 rings (SSSR count). The van der Waals surface area contributed by atoms with E-state index < -0.39 is 0 Å². The first-order chi connectivity index (χ1) is 8.31. The van der Waals surface area contributed by atoms with Crippen molar-refractivity contribution >= 4 is 23.4 Å². The highest BCUT2D eigenvalue weighted by Gasteiger charge is 2.19. The zero-order valence-corrected chi connectivity index (χ0v) is 10.8. The lowest BCUT2D eigenvalue weighted by atomic mass is 10.2. The molecular formula is C12H17N3OS. The van der Waals surface area contributed by atoms with Crippen LogP contribution >= 0.6 is 11.8 Å². The lowest BCUT2D eigenvalue weighted by molar-refractivity contribution is 0.0766. The Morgan fingerprint density at radius 2 is 2.29 bits per heavy atom. The number of amides is 1. The van der Waals surface area contributed by atoms with Crippen LogP contribution in [0.25, 0.3) is 0 Å². The Morgan fingerprint density at radius 1 is 1.53 bits per heavy atom. The number of thioether (sulfide) groups is 1. The monoisotopic (exact) mass is 251 g/mol. The van der Waals surface area contributed by atoms with Gasteiger partial charge in [0.05, 0.1) is 0 Å². The van der Waals surface area contributed by atoms with Crippen LogP contribution in [0.3, 0.4) is 0 Å². The van der Waals surface area contributed by atoms with Crippen LogP contribution in [0.1, 0.15) is 17.4 Å². The van der Waals surface area contributed by atoms with Gasteiger partial charge in [-0.3, -0.25) is 9.78 Å². The van der Waals surface area contributed by atoms with Gasteiger partial charge < -0.3 is 10.2 Å². The Balaban J connectivity index is 2.09. The van der Waals surface area contributed by atoms with Gasteiger partial charge in [0, 0.05) is 43.0 Å². The number of anilines is 1. The van der Waals surface area contributed by atoms with Gasteiger partial charge in [-0.1, -0.05) is 0 Å². The average Bonchev–Trinajstić information content (AvgIpc) is 2.40. The fourth-order valence-electron chi connectivity index (χ4n) is 1.79. The summed E-state index contributed by atoms with van der Waals surface area (Å²) in [5.41, 5.74) is 1.49. The SMILES string of the molecule is CCNc1ccnc(C(=O)N2CCSCC2)c1. The van der Waals surface area contributed by atoms with E-state index in [1.54, 1.807) is 6.20 Å². The Kier molecular flexibility index (Phi) is 4.25. The second-order valence-electron chi connectivity index (χ2n) is 3.86. The lowest BCUT2D eigenvalue weighted by Gasteiger charge is -2.26. The second kappa shape index (κ2) is 5.91. The van der Waals surface area contributed by atoms with E-state index in [9.17, 15) is 4.79 Å². The van der Waals surface area contributed by atoms with Crippen LogP contribution in [0.4, 0.5) is 5.69 Å². The first kappa shape index (κ1) is 12.2. The lowest BCUT2D eigenvalue weighted by Crippen LogP contribution is -2.38. The zero-order valence-electron chi connectivity index (χ0n) is 9.98. The Bertz CT molecular complexity index is 391. The van der Waals surface area contributed by atoms with Crippen LogP contribution in [-0.2, 0) is 0 Å². The van der Waals surface area contributed by atoms with Crippen LogP contribution in [0.15, 0.2) is 18.3 Å². The maximum atomic E-state index is 12.2. The Labute approximate surface area is 106 Å². The summed E-state index contributed by atoms with van der Waals surface area (Å²) in [5, 5.41) is 3.19. The van der Waals surface area contributed by atoms with E-state index in [1.165, 1.54) is 0 Å². The molecule has 5 heteroatoms. The number of carbonyl (C=O) groups excluding carboxylic acids is 1. The fraction of sp³-hybridized carbons (Fsp3) is 0.500. The third kappa shape index (κ3) is 3.12. The van der Waals surface area contributed by atoms with Crippen molar-refractivity contribution in [3.05, 3.63) is 24.0 Å². The molecule has 0 spiro atoms. The third-order valence-corrected chi connectivity index (χ3v) is 3.60. The van der Waals surface area contributed by atoms with E-state index in [-0.39, 0.29) is 5.91 Å². The molecule has 1 N–H and O–H groups in total. The molecule has 1 aliphatic heterocycles. The molecule has 0 aromatic carbocycles. The standard InChI is InChI=1S/C12H17N3OS/c1-2-13-10-3-4-14-11(9-10)12(16)15-5-7-17-8-6-15/h3-4,9H,2,5-8H2,1H3,(H,13,14). The molecule has 2 heterocycles. The van der Waals surface area contributed by atoms with Crippen LogP contribution in [0, 0.1) is 0 Å². The molecule has 17 heavy (non-hydrogen) atoms. The van der Waals surface area contributed by atoms with Gasteiger partial charge in [0.15, 0.2) is 0 Å². The quantitative estimate of drug-likeness (QED) is 0.888. The molecule has 1 aromatic heterocycles. The molecule has 1 amide bonds. The minimum atomic E-state index is 0.0463. The number of rotatable bonds is 3. The number of nitrogens with one attached hydrogen (secondary N) is 1. The highest BCUT2D eigenvalue weighted by molar-refractivity contribution is 7.99. The minimum Gasteiger partial charge on any atom is -0.385 e. The summed E-state index contributed by atoms with van der Waals surface area (Å²) in [5.74, 6) is 2.10. The van der Waals surface area contributed by atoms with Crippen LogP contribution in [0.5, 0.6) is 0 Å². The summed E-state index contributed by atoms with van der Waals surface area (Å²) in [7, 11) is 0. The summed E-state index contributed by atoms with van der Waals surface area (Å²) in [6.07, 6.45) is 1.68. The molecule has 0 bridgehead atoms. The normalized spacial score (nSPS) is 15.7. The number of aromatic nitrogens is 1. The number of hydrogen-bond donors (Lipinski definition) is 1. The maximum Gasteiger partial charge on any atom is 0.272 e. The molecule has 0 aliphatic carbocycles. The number of nitrogens with zero attached hydrogens (tertiary/aromatic N) is 2. The highest BCUT2D eigenvalue weighted by atomic mass is 32.2. The average molecular weight is 251 g/mol. The topological polar surface area (TPSA) is 45.2 Å². The number of hydrogen-bond acceptors (Lipinski definition) is 4. The maximum absolute atomic E-state index is 12.2. The van der Waals surface area contributed by atoms with Crippen LogP contribution in [-0.4, -0.2) is 46.9 Å². The third-order valence-electron chi connectivity index (χ3n) is 2.66. The zero-order chi connectivity index (χ0) is 12.1. The highest BCUT2D eigenvalue weighted by Crippen LogP contribution is 2.14. The van der Waals surface area contributed by atoms with E-state index in [0.717, 1.165) is 36.8 Å². The minimum absolute atomic E-state index is 0.0463. The molecule has 0 radical (unpaired) electrons. The molecule has 0 unspecified atom stereocenters. The summed E-state index contributed by atoms with van der Waals surface area (Å²) in [6.45, 7) is 4.54. The fourth-order valence-corrected chi connectivity index (χ4v) is 2.69. The van der Waals surface area contributed by atoms with E-state index >= 15 is 0 Å². The first-order valence-corrected chi connectivity index (χ1v) is 7.03. The molecule has 1 saturated heterocycles. The largest absolute Gasteiger partial charge is 0.385 e. The van der Waals surface area contributed by atoms with Gasteiger partial charge in [-0.25, -0.2) is 0 Å². The first-order valence-electron chi connectivity index (χ1n) is 5.88. The molecule has 0 atom stereocenters. The van der Waals surface area contributed by atoms with Gasteiger partial charge in [0.2, 0.25) is 0 Å². The molecule has 1 fully saturated rings. The molecule has 92 valence electrons. The van der Waals surface area contributed by atoms with Crippen molar-refractivity contribution in [2.45, 2.75) is 6.92 Å². The van der Waals surface area contributed by atoms with E-state index in [0.29, 0.717) is 5.69 Å². The summed E-state index contributed by atoms with van der Waals surface area (Å²) in [6, 6.07) is 3.71. The van der Waals surface area contributed by atoms with E-state index in [4.69, 9.17) is 0 Å². The molecule has 0 saturated carbocycles. The van der Waals surface area contributed by atoms with Crippen molar-refractivity contribution in [2.24, 2.45) is 0 Å². The van der Waals surface area contributed by atoms with Crippen molar-refractivity contribution in [1.29, 1.82) is 0 Å². The molecule has 4 nitrogen and oxygen atoms in total. The summed E-state index contributed by atoms with van der Waals surface area (Å²) < 4.78 is 0. The van der Waals surface area contributed by atoms with Gasteiger partial charge in [-0.2, -0.15) is 11.8 Å². The van der Waals surface area contributed by atoms with Crippen molar-refractivity contribution in [2.75, 3.05) is 36.5 Å². The predicted molar refractivity (Wildman–Crippen MR) is 71.6 cm³/mol. The van der Waals surface area contributed by atoms with Gasteiger partial charge in [-0.15, -0.1) is 0 Å². The van der Waals surface area contributed by atoms with Crippen molar-refractivity contribution in [3.63, 3.8) is 0 Å². The van der Waals surface area contributed by atoms with Gasteiger partial charge in [0.25, 0.3) is 5.91 Å². The Morgan fingerprint density at radius 3 is 3.00 bits per heavy atom. The molecule has 1 aliphatic rings. The molecule has 1 aromatic rings. The van der Waals surface area contributed by atoms with Gasteiger partial charge >= 0.3 is 0 Å². The smallest absolute Gasteiger partial charge is 0.272 e. The number of carbonyl (C=O) groups is 1. The van der Waals surface area contributed by atoms with Crippen molar-refractivity contribution in [3.8, 4) is 0 Å². The van der Waals surface area contributed by atoms with Crippen LogP contribution < -0.4 is 5.32 Å². The summed E-state index contributed by atoms with van der Waals surface area (Å²) in [4.78, 5) is 18.2. The van der Waals surface area contributed by atoms with E-state index in [1.807, 2.05) is 35.7 Å². The van der Waals surface area contributed by atoms with Crippen molar-refractivity contribution in [1.82, 2.24) is 9.88 Å². The number of pyridine rings is 1. The predicted octanol–water partition coefficient (Wildman–Crippen LogP) is 1.70. The molecular weight excluding hydrogens is 234 g/mol. The van der Waals surface area contributed by atoms with Crippen LogP contribution in [0.2, 0.25) is 0 Å². The Hall–Kier alpha value is -1.23. The van der Waals surface area contributed by atoms with Crippen molar-refractivity contribution < 1.29 is 4.79 Å². The van der Waals surface area contributed by atoms with Gasteiger partial charge in [-0.05, 0) is 19.1 Å². The summed E-state index contributed by atoms with van der Waals surface area (Å²) >= 11 is 1.90. The van der Waals surface area contributed by atoms with Gasteiger partial charge in [0.1, 0.15) is 5.69 Å².